The standard InChI is InChI=1S/C8H16N6S/c1-12-2-4-13(5-3-12)6-7-10-11-8(15)14(7)9/h2-6,9H2,1H3,(H,11,15). The van der Waals surface area contributed by atoms with Crippen LogP contribution in [0.2, 0.25) is 0 Å². The van der Waals surface area contributed by atoms with Crippen LogP contribution in [0.15, 0.2) is 0 Å². The van der Waals surface area contributed by atoms with Gasteiger partial charge in [0, 0.05) is 26.2 Å². The summed E-state index contributed by atoms with van der Waals surface area (Å²) in [5.41, 5.74) is 0. The summed E-state index contributed by atoms with van der Waals surface area (Å²) in [7, 11) is 2.14. The third-order valence-electron chi connectivity index (χ3n) is 2.74. The van der Waals surface area contributed by atoms with Gasteiger partial charge >= 0.3 is 0 Å². The molecule has 1 saturated heterocycles. The lowest BCUT2D eigenvalue weighted by Crippen LogP contribution is -2.44. The van der Waals surface area contributed by atoms with Gasteiger partial charge in [-0.15, -0.1) is 0 Å². The zero-order chi connectivity index (χ0) is 10.8. The first-order valence-corrected chi connectivity index (χ1v) is 5.40. The Kier molecular flexibility index (Phi) is 3.03. The van der Waals surface area contributed by atoms with E-state index in [2.05, 4.69) is 27.0 Å². The first-order chi connectivity index (χ1) is 7.16. The van der Waals surface area contributed by atoms with Gasteiger partial charge < -0.3 is 10.7 Å². The fourth-order valence-corrected chi connectivity index (χ4v) is 1.81. The molecule has 3 N–H and O–H groups in total. The van der Waals surface area contributed by atoms with Gasteiger partial charge in [0.1, 0.15) is 0 Å². The number of likely N-dealkylation sites (N-methyl/N-ethyl adjacent to an activating group) is 1. The fourth-order valence-electron chi connectivity index (χ4n) is 1.65. The molecule has 0 saturated carbocycles. The van der Waals surface area contributed by atoms with Crippen LogP contribution in [0.5, 0.6) is 0 Å². The summed E-state index contributed by atoms with van der Waals surface area (Å²) >= 11 is 4.95. The number of aromatic nitrogens is 3. The van der Waals surface area contributed by atoms with Crippen molar-refractivity contribution in [3.63, 3.8) is 0 Å². The number of aromatic amines is 1. The maximum atomic E-state index is 5.73. The minimum Gasteiger partial charge on any atom is -0.335 e. The topological polar surface area (TPSA) is 66.1 Å². The summed E-state index contributed by atoms with van der Waals surface area (Å²) in [4.78, 5) is 4.64. The van der Waals surface area contributed by atoms with Crippen molar-refractivity contribution in [3.05, 3.63) is 10.6 Å². The van der Waals surface area contributed by atoms with Crippen LogP contribution in [-0.2, 0) is 6.54 Å². The van der Waals surface area contributed by atoms with E-state index < -0.39 is 0 Å². The van der Waals surface area contributed by atoms with Crippen molar-refractivity contribution in [2.24, 2.45) is 0 Å². The van der Waals surface area contributed by atoms with Gasteiger partial charge in [-0.05, 0) is 19.3 Å². The Balaban J connectivity index is 1.97. The van der Waals surface area contributed by atoms with Crippen LogP contribution in [0.25, 0.3) is 0 Å². The smallest absolute Gasteiger partial charge is 0.214 e. The highest BCUT2D eigenvalue weighted by molar-refractivity contribution is 7.71. The first kappa shape index (κ1) is 10.6. The van der Waals surface area contributed by atoms with Gasteiger partial charge in [0.25, 0.3) is 0 Å². The lowest BCUT2D eigenvalue weighted by Gasteiger charge is -2.31. The van der Waals surface area contributed by atoms with Crippen LogP contribution < -0.4 is 5.84 Å². The minimum atomic E-state index is 0.471. The molecular formula is C8H16N6S. The second-order valence-corrected chi connectivity index (χ2v) is 4.28. The van der Waals surface area contributed by atoms with Crippen molar-refractivity contribution in [1.82, 2.24) is 24.7 Å². The van der Waals surface area contributed by atoms with Crippen LogP contribution in [0.4, 0.5) is 0 Å². The molecule has 0 bridgehead atoms. The Labute approximate surface area is 93.6 Å². The van der Waals surface area contributed by atoms with E-state index in [1.165, 1.54) is 4.68 Å². The zero-order valence-corrected chi connectivity index (χ0v) is 9.63. The van der Waals surface area contributed by atoms with Crippen molar-refractivity contribution in [3.8, 4) is 0 Å². The molecule has 1 aliphatic heterocycles. The lowest BCUT2D eigenvalue weighted by molar-refractivity contribution is 0.144. The van der Waals surface area contributed by atoms with E-state index in [-0.39, 0.29) is 0 Å². The Morgan fingerprint density at radius 1 is 1.40 bits per heavy atom. The predicted octanol–water partition coefficient (Wildman–Crippen LogP) is -0.598. The predicted molar refractivity (Wildman–Crippen MR) is 60.3 cm³/mol. The van der Waals surface area contributed by atoms with Crippen molar-refractivity contribution >= 4 is 12.2 Å². The van der Waals surface area contributed by atoms with E-state index in [1.807, 2.05) is 0 Å². The number of H-pyrrole nitrogens is 1. The van der Waals surface area contributed by atoms with Gasteiger partial charge in [-0.1, -0.05) is 0 Å². The molecule has 1 aromatic heterocycles. The van der Waals surface area contributed by atoms with E-state index in [0.29, 0.717) is 4.77 Å². The van der Waals surface area contributed by atoms with Gasteiger partial charge in [0.05, 0.1) is 6.54 Å². The number of hydrogen-bond donors (Lipinski definition) is 2. The van der Waals surface area contributed by atoms with E-state index in [4.69, 9.17) is 18.1 Å². The van der Waals surface area contributed by atoms with Crippen molar-refractivity contribution in [1.29, 1.82) is 0 Å². The van der Waals surface area contributed by atoms with E-state index in [9.17, 15) is 0 Å². The third kappa shape index (κ3) is 2.36. The quantitative estimate of drug-likeness (QED) is 0.523. The average Bonchev–Trinajstić information content (AvgIpc) is 2.53. The molecule has 15 heavy (non-hydrogen) atoms. The van der Waals surface area contributed by atoms with Crippen molar-refractivity contribution in [2.45, 2.75) is 6.54 Å². The molecule has 0 amide bonds. The summed E-state index contributed by atoms with van der Waals surface area (Å²) in [5.74, 6) is 6.52. The number of nitrogens with zero attached hydrogens (tertiary/aromatic N) is 4. The summed E-state index contributed by atoms with van der Waals surface area (Å²) < 4.78 is 1.91. The Morgan fingerprint density at radius 2 is 2.07 bits per heavy atom. The van der Waals surface area contributed by atoms with Gasteiger partial charge in [-0.3, -0.25) is 10.00 Å². The third-order valence-corrected chi connectivity index (χ3v) is 3.03. The molecule has 84 valence electrons. The summed E-state index contributed by atoms with van der Waals surface area (Å²) in [5, 5.41) is 6.78. The Hall–Kier alpha value is -0.920. The van der Waals surface area contributed by atoms with Gasteiger partial charge in [-0.2, -0.15) is 5.10 Å². The number of nitrogen functional groups attached to an aromatic ring is 1. The lowest BCUT2D eigenvalue weighted by atomic mass is 10.3. The van der Waals surface area contributed by atoms with Crippen molar-refractivity contribution in [2.75, 3.05) is 39.1 Å². The maximum Gasteiger partial charge on any atom is 0.214 e. The molecule has 1 aromatic rings. The molecule has 1 aliphatic rings. The second kappa shape index (κ2) is 4.30. The zero-order valence-electron chi connectivity index (χ0n) is 8.81. The molecule has 0 spiro atoms. The van der Waals surface area contributed by atoms with Gasteiger partial charge in [0.15, 0.2) is 5.82 Å². The summed E-state index contributed by atoms with van der Waals surface area (Å²) in [6.07, 6.45) is 0. The number of rotatable bonds is 2. The molecule has 0 radical (unpaired) electrons. The summed E-state index contributed by atoms with van der Waals surface area (Å²) in [6, 6.07) is 0. The SMILES string of the molecule is CN1CCN(Cc2n[nH]c(=S)n2N)CC1. The molecule has 6 nitrogen and oxygen atoms in total. The van der Waals surface area contributed by atoms with Crippen LogP contribution in [0.1, 0.15) is 5.82 Å². The van der Waals surface area contributed by atoms with Crippen LogP contribution in [-0.4, -0.2) is 57.9 Å². The molecule has 0 aliphatic carbocycles. The highest BCUT2D eigenvalue weighted by Gasteiger charge is 2.16. The van der Waals surface area contributed by atoms with Gasteiger partial charge in [0.2, 0.25) is 4.77 Å². The average molecular weight is 228 g/mol. The van der Waals surface area contributed by atoms with E-state index in [1.54, 1.807) is 0 Å². The van der Waals surface area contributed by atoms with Crippen molar-refractivity contribution < 1.29 is 0 Å². The molecule has 7 heteroatoms. The van der Waals surface area contributed by atoms with Gasteiger partial charge in [-0.25, -0.2) is 4.68 Å². The number of piperazine rings is 1. The monoisotopic (exact) mass is 228 g/mol. The van der Waals surface area contributed by atoms with Crippen LogP contribution >= 0.6 is 12.2 Å². The largest absolute Gasteiger partial charge is 0.335 e. The van der Waals surface area contributed by atoms with Crippen LogP contribution in [0, 0.1) is 4.77 Å². The number of nitrogens with one attached hydrogen (secondary N) is 1. The normalized spacial score (nSPS) is 19.5. The molecule has 0 aromatic carbocycles. The highest BCUT2D eigenvalue weighted by atomic mass is 32.1. The fraction of sp³-hybridized carbons (Fsp3) is 0.750. The van der Waals surface area contributed by atoms with Crippen LogP contribution in [0.3, 0.4) is 0 Å². The summed E-state index contributed by atoms with van der Waals surface area (Å²) in [6.45, 7) is 5.05. The molecule has 2 rings (SSSR count). The highest BCUT2D eigenvalue weighted by Crippen LogP contribution is 2.04. The molecular weight excluding hydrogens is 212 g/mol. The Bertz CT molecular complexity index is 375. The molecule has 2 heterocycles. The molecule has 1 fully saturated rings. The molecule has 0 atom stereocenters. The Morgan fingerprint density at radius 3 is 2.60 bits per heavy atom. The second-order valence-electron chi connectivity index (χ2n) is 3.89. The van der Waals surface area contributed by atoms with E-state index in [0.717, 1.165) is 38.5 Å². The van der Waals surface area contributed by atoms with E-state index >= 15 is 0 Å². The first-order valence-electron chi connectivity index (χ1n) is 4.99. The maximum absolute atomic E-state index is 5.73. The number of nitrogens with two attached hydrogens (primary N) is 1. The minimum absolute atomic E-state index is 0.471. The molecule has 0 unspecified atom stereocenters. The number of hydrogen-bond acceptors (Lipinski definition) is 5.